The third kappa shape index (κ3) is 3.27. The maximum Gasteiger partial charge on any atom is 0.246 e. The number of rotatable bonds is 3. The van der Waals surface area contributed by atoms with Crippen molar-refractivity contribution >= 4 is 17.2 Å². The van der Waals surface area contributed by atoms with Gasteiger partial charge in [-0.25, -0.2) is 0 Å². The van der Waals surface area contributed by atoms with Crippen LogP contribution in [-0.4, -0.2) is 54.8 Å². The molecular formula is C13H17N5O2S. The maximum absolute atomic E-state index is 12.2. The second-order valence-corrected chi connectivity index (χ2v) is 6.45. The number of piperidine rings is 1. The minimum absolute atomic E-state index is 0.0411. The average Bonchev–Trinajstić information content (AvgIpc) is 3.08. The van der Waals surface area contributed by atoms with Crippen molar-refractivity contribution < 1.29 is 9.90 Å². The van der Waals surface area contributed by atoms with E-state index < -0.39 is 5.60 Å². The van der Waals surface area contributed by atoms with E-state index in [0.717, 1.165) is 4.88 Å². The third-order valence-corrected chi connectivity index (χ3v) is 4.53. The SMILES string of the molecule is CC1(O)CCN(C(=O)Cn2nnc(-c3cccs3)n2)CC1. The standard InChI is InChI=1S/C13H17N5O2S/c1-13(20)4-6-17(7-5-13)11(19)9-18-15-12(14-16-18)10-3-2-8-21-10/h2-3,8,20H,4-7,9H2,1H3. The van der Waals surface area contributed by atoms with E-state index in [1.165, 1.54) is 16.1 Å². The van der Waals surface area contributed by atoms with Crippen molar-refractivity contribution in [3.05, 3.63) is 17.5 Å². The quantitative estimate of drug-likeness (QED) is 0.905. The zero-order chi connectivity index (χ0) is 14.9. The summed E-state index contributed by atoms with van der Waals surface area (Å²) in [6.07, 6.45) is 1.20. The van der Waals surface area contributed by atoms with E-state index in [-0.39, 0.29) is 12.5 Å². The largest absolute Gasteiger partial charge is 0.390 e. The second-order valence-electron chi connectivity index (χ2n) is 5.50. The first-order valence-electron chi connectivity index (χ1n) is 6.85. The van der Waals surface area contributed by atoms with Gasteiger partial charge in [0.05, 0.1) is 10.5 Å². The van der Waals surface area contributed by atoms with Crippen molar-refractivity contribution in [1.29, 1.82) is 0 Å². The molecule has 21 heavy (non-hydrogen) atoms. The zero-order valence-corrected chi connectivity index (χ0v) is 12.6. The molecule has 0 atom stereocenters. The lowest BCUT2D eigenvalue weighted by atomic mass is 9.94. The summed E-state index contributed by atoms with van der Waals surface area (Å²) < 4.78 is 0. The van der Waals surface area contributed by atoms with Crippen LogP contribution in [0.1, 0.15) is 19.8 Å². The number of aromatic nitrogens is 4. The van der Waals surface area contributed by atoms with Crippen molar-refractivity contribution in [3.63, 3.8) is 0 Å². The van der Waals surface area contributed by atoms with Crippen molar-refractivity contribution in [2.24, 2.45) is 0 Å². The highest BCUT2D eigenvalue weighted by Crippen LogP contribution is 2.21. The number of tetrazole rings is 1. The molecule has 3 heterocycles. The highest BCUT2D eigenvalue weighted by molar-refractivity contribution is 7.13. The van der Waals surface area contributed by atoms with Crippen LogP contribution in [0, 0.1) is 0 Å². The van der Waals surface area contributed by atoms with Crippen LogP contribution in [0.5, 0.6) is 0 Å². The molecule has 0 bridgehead atoms. The topological polar surface area (TPSA) is 84.1 Å². The van der Waals surface area contributed by atoms with Crippen LogP contribution < -0.4 is 0 Å². The van der Waals surface area contributed by atoms with Crippen LogP contribution >= 0.6 is 11.3 Å². The van der Waals surface area contributed by atoms with Gasteiger partial charge in [0.15, 0.2) is 0 Å². The maximum atomic E-state index is 12.2. The summed E-state index contributed by atoms with van der Waals surface area (Å²) in [5.41, 5.74) is -0.658. The van der Waals surface area contributed by atoms with Gasteiger partial charge in [0.25, 0.3) is 0 Å². The molecule has 0 aromatic carbocycles. The molecule has 1 aliphatic heterocycles. The molecule has 1 saturated heterocycles. The Morgan fingerprint density at radius 1 is 1.48 bits per heavy atom. The Morgan fingerprint density at radius 3 is 2.90 bits per heavy atom. The minimum Gasteiger partial charge on any atom is -0.390 e. The first-order valence-corrected chi connectivity index (χ1v) is 7.73. The summed E-state index contributed by atoms with van der Waals surface area (Å²) >= 11 is 1.53. The highest BCUT2D eigenvalue weighted by atomic mass is 32.1. The second kappa shape index (κ2) is 5.53. The van der Waals surface area contributed by atoms with Crippen molar-refractivity contribution in [2.75, 3.05) is 13.1 Å². The molecular weight excluding hydrogens is 290 g/mol. The Labute approximate surface area is 126 Å². The van der Waals surface area contributed by atoms with Gasteiger partial charge < -0.3 is 10.0 Å². The van der Waals surface area contributed by atoms with Gasteiger partial charge in [-0.05, 0) is 36.4 Å². The van der Waals surface area contributed by atoms with E-state index in [2.05, 4.69) is 15.4 Å². The molecule has 1 fully saturated rings. The van der Waals surface area contributed by atoms with E-state index in [9.17, 15) is 9.90 Å². The lowest BCUT2D eigenvalue weighted by Gasteiger charge is -2.35. The Balaban J connectivity index is 1.61. The lowest BCUT2D eigenvalue weighted by molar-refractivity contribution is -0.136. The van der Waals surface area contributed by atoms with Gasteiger partial charge in [-0.3, -0.25) is 4.79 Å². The summed E-state index contributed by atoms with van der Waals surface area (Å²) in [5, 5.41) is 23.9. The molecule has 2 aromatic heterocycles. The molecule has 1 amide bonds. The average molecular weight is 307 g/mol. The molecule has 0 radical (unpaired) electrons. The van der Waals surface area contributed by atoms with E-state index >= 15 is 0 Å². The summed E-state index contributed by atoms with van der Waals surface area (Å²) in [6.45, 7) is 3.03. The van der Waals surface area contributed by atoms with Crippen molar-refractivity contribution in [1.82, 2.24) is 25.1 Å². The molecule has 2 aromatic rings. The Kier molecular flexibility index (Phi) is 3.73. The predicted molar refractivity (Wildman–Crippen MR) is 77.6 cm³/mol. The summed E-state index contributed by atoms with van der Waals surface area (Å²) in [4.78, 5) is 16.2. The van der Waals surface area contributed by atoms with E-state index in [0.29, 0.717) is 31.8 Å². The first kappa shape index (κ1) is 14.2. The number of nitrogens with zero attached hydrogens (tertiary/aromatic N) is 5. The van der Waals surface area contributed by atoms with E-state index in [1.807, 2.05) is 17.5 Å². The van der Waals surface area contributed by atoms with E-state index in [4.69, 9.17) is 0 Å². The molecule has 3 rings (SSSR count). The number of thiophene rings is 1. The number of carbonyl (C=O) groups is 1. The van der Waals surface area contributed by atoms with Gasteiger partial charge >= 0.3 is 0 Å². The van der Waals surface area contributed by atoms with Crippen LogP contribution in [0.25, 0.3) is 10.7 Å². The molecule has 0 spiro atoms. The van der Waals surface area contributed by atoms with Crippen LogP contribution in [-0.2, 0) is 11.3 Å². The number of carbonyl (C=O) groups excluding carboxylic acids is 1. The smallest absolute Gasteiger partial charge is 0.246 e. The summed E-state index contributed by atoms with van der Waals surface area (Å²) in [7, 11) is 0. The van der Waals surface area contributed by atoms with Gasteiger partial charge in [-0.2, -0.15) is 4.80 Å². The Hall–Kier alpha value is -1.80. The number of likely N-dealkylation sites (tertiary alicyclic amines) is 1. The molecule has 0 aliphatic carbocycles. The summed E-state index contributed by atoms with van der Waals surface area (Å²) in [5.74, 6) is 0.500. The van der Waals surface area contributed by atoms with Crippen LogP contribution in [0.4, 0.5) is 0 Å². The molecule has 0 saturated carbocycles. The normalized spacial score (nSPS) is 17.9. The fraction of sp³-hybridized carbons (Fsp3) is 0.538. The molecule has 1 aliphatic rings. The third-order valence-electron chi connectivity index (χ3n) is 3.66. The number of amides is 1. The monoisotopic (exact) mass is 307 g/mol. The fourth-order valence-electron chi connectivity index (χ4n) is 2.27. The zero-order valence-electron chi connectivity index (χ0n) is 11.8. The predicted octanol–water partition coefficient (Wildman–Crippen LogP) is 0.775. The van der Waals surface area contributed by atoms with Crippen LogP contribution in [0.15, 0.2) is 17.5 Å². The van der Waals surface area contributed by atoms with Gasteiger partial charge in [0.2, 0.25) is 11.7 Å². The Morgan fingerprint density at radius 2 is 2.24 bits per heavy atom. The molecule has 1 N–H and O–H groups in total. The molecule has 112 valence electrons. The Bertz CT molecular complexity index is 612. The van der Waals surface area contributed by atoms with Gasteiger partial charge in [-0.15, -0.1) is 21.5 Å². The van der Waals surface area contributed by atoms with Gasteiger partial charge in [0, 0.05) is 13.1 Å². The number of aliphatic hydroxyl groups is 1. The van der Waals surface area contributed by atoms with Gasteiger partial charge in [-0.1, -0.05) is 6.07 Å². The lowest BCUT2D eigenvalue weighted by Crippen LogP contribution is -2.46. The van der Waals surface area contributed by atoms with Crippen molar-refractivity contribution in [2.45, 2.75) is 31.9 Å². The van der Waals surface area contributed by atoms with Crippen LogP contribution in [0.2, 0.25) is 0 Å². The van der Waals surface area contributed by atoms with Crippen molar-refractivity contribution in [3.8, 4) is 10.7 Å². The molecule has 0 unspecified atom stereocenters. The number of hydrogen-bond acceptors (Lipinski definition) is 6. The molecule has 7 nitrogen and oxygen atoms in total. The first-order chi connectivity index (χ1) is 10.0. The summed E-state index contributed by atoms with van der Waals surface area (Å²) in [6, 6.07) is 3.84. The van der Waals surface area contributed by atoms with Gasteiger partial charge in [0.1, 0.15) is 6.54 Å². The highest BCUT2D eigenvalue weighted by Gasteiger charge is 2.29. The molecule has 8 heteroatoms. The minimum atomic E-state index is -0.658. The fourth-order valence-corrected chi connectivity index (χ4v) is 2.92. The number of hydrogen-bond donors (Lipinski definition) is 1. The van der Waals surface area contributed by atoms with Crippen LogP contribution in [0.3, 0.4) is 0 Å². The van der Waals surface area contributed by atoms with E-state index in [1.54, 1.807) is 11.8 Å².